The van der Waals surface area contributed by atoms with Gasteiger partial charge in [-0.15, -0.1) is 0 Å². The zero-order chi connectivity index (χ0) is 20.7. The van der Waals surface area contributed by atoms with Crippen LogP contribution in [0.15, 0.2) is 53.6 Å². The molecule has 1 fully saturated rings. The van der Waals surface area contributed by atoms with Crippen LogP contribution in [-0.4, -0.2) is 36.1 Å². The number of anilines is 2. The molecule has 9 heteroatoms. The van der Waals surface area contributed by atoms with Gasteiger partial charge in [0.2, 0.25) is 5.91 Å². The molecule has 2 aliphatic heterocycles. The van der Waals surface area contributed by atoms with Gasteiger partial charge in [-0.3, -0.25) is 14.6 Å². The number of imide groups is 1. The standard InChI is InChI=1S/C20H15Cl2N3O4/c1-2-29-20(28)16-15-17(25(23-16)13-8-6-11(21)7-9-13)19(27)24(18(15)26)14-5-3-4-12(22)10-14/h3-10,15,17H,2H2,1H3/t15-,17-/m1/s1. The highest BCUT2D eigenvalue weighted by Gasteiger charge is 2.59. The summed E-state index contributed by atoms with van der Waals surface area (Å²) in [6, 6.07) is 12.0. The van der Waals surface area contributed by atoms with Gasteiger partial charge >= 0.3 is 5.97 Å². The molecule has 0 saturated carbocycles. The number of nitrogens with zero attached hydrogens (tertiary/aromatic N) is 3. The number of ether oxygens (including phenoxy) is 1. The quantitative estimate of drug-likeness (QED) is 0.547. The average molecular weight is 432 g/mol. The lowest BCUT2D eigenvalue weighted by Crippen LogP contribution is -2.39. The first-order valence-electron chi connectivity index (χ1n) is 8.86. The number of benzene rings is 2. The summed E-state index contributed by atoms with van der Waals surface area (Å²) in [6.45, 7) is 1.78. The zero-order valence-corrected chi connectivity index (χ0v) is 16.7. The maximum atomic E-state index is 13.3. The minimum atomic E-state index is -1.07. The van der Waals surface area contributed by atoms with Crippen LogP contribution in [0.3, 0.4) is 0 Å². The molecule has 0 spiro atoms. The predicted molar refractivity (Wildman–Crippen MR) is 109 cm³/mol. The van der Waals surface area contributed by atoms with Crippen molar-refractivity contribution in [2.24, 2.45) is 11.0 Å². The van der Waals surface area contributed by atoms with Crippen LogP contribution in [0.4, 0.5) is 11.4 Å². The molecule has 1 saturated heterocycles. The van der Waals surface area contributed by atoms with Crippen molar-refractivity contribution in [1.82, 2.24) is 0 Å². The van der Waals surface area contributed by atoms with Gasteiger partial charge in [-0.05, 0) is 49.4 Å². The molecular weight excluding hydrogens is 417 g/mol. The van der Waals surface area contributed by atoms with Crippen molar-refractivity contribution in [1.29, 1.82) is 0 Å². The van der Waals surface area contributed by atoms with Crippen molar-refractivity contribution < 1.29 is 19.1 Å². The summed E-state index contributed by atoms with van der Waals surface area (Å²) in [5.74, 6) is -2.85. The molecule has 0 unspecified atom stereocenters. The van der Waals surface area contributed by atoms with Crippen LogP contribution >= 0.6 is 23.2 Å². The van der Waals surface area contributed by atoms with Gasteiger partial charge in [-0.25, -0.2) is 9.69 Å². The third-order valence-corrected chi connectivity index (χ3v) is 5.18. The van der Waals surface area contributed by atoms with Crippen molar-refractivity contribution in [3.8, 4) is 0 Å². The predicted octanol–water partition coefficient (Wildman–Crippen LogP) is 3.29. The second-order valence-corrected chi connectivity index (χ2v) is 7.31. The molecule has 2 aromatic carbocycles. The van der Waals surface area contributed by atoms with Gasteiger partial charge in [0, 0.05) is 10.0 Å². The first-order chi connectivity index (χ1) is 13.9. The lowest BCUT2D eigenvalue weighted by molar-refractivity contribution is -0.136. The van der Waals surface area contributed by atoms with Crippen molar-refractivity contribution in [2.75, 3.05) is 16.5 Å². The largest absolute Gasteiger partial charge is 0.461 e. The number of halogens is 2. The first-order valence-corrected chi connectivity index (χ1v) is 9.61. The van der Waals surface area contributed by atoms with Crippen molar-refractivity contribution in [3.63, 3.8) is 0 Å². The molecule has 2 atom stereocenters. The molecule has 2 aromatic rings. The Morgan fingerprint density at radius 1 is 1.03 bits per heavy atom. The molecule has 0 aliphatic carbocycles. The van der Waals surface area contributed by atoms with Crippen LogP contribution in [0, 0.1) is 5.92 Å². The van der Waals surface area contributed by atoms with Gasteiger partial charge in [0.05, 0.1) is 18.0 Å². The monoisotopic (exact) mass is 431 g/mol. The van der Waals surface area contributed by atoms with E-state index in [0.29, 0.717) is 21.4 Å². The molecule has 29 heavy (non-hydrogen) atoms. The molecule has 7 nitrogen and oxygen atoms in total. The third kappa shape index (κ3) is 3.26. The second kappa shape index (κ2) is 7.50. The topological polar surface area (TPSA) is 79.3 Å². The molecule has 2 aliphatic rings. The molecule has 0 radical (unpaired) electrons. The van der Waals surface area contributed by atoms with Crippen molar-refractivity contribution in [3.05, 3.63) is 58.6 Å². The number of hydrazone groups is 1. The Kier molecular flexibility index (Phi) is 5.02. The number of carbonyl (C=O) groups is 3. The Balaban J connectivity index is 1.79. The lowest BCUT2D eigenvalue weighted by Gasteiger charge is -2.22. The molecule has 0 N–H and O–H groups in total. The van der Waals surface area contributed by atoms with Crippen molar-refractivity contribution in [2.45, 2.75) is 13.0 Å². The second-order valence-electron chi connectivity index (χ2n) is 6.44. The number of carbonyl (C=O) groups excluding carboxylic acids is 3. The van der Waals surface area contributed by atoms with Crippen LogP contribution in [0.1, 0.15) is 6.92 Å². The average Bonchev–Trinajstić information content (AvgIpc) is 3.20. The summed E-state index contributed by atoms with van der Waals surface area (Å²) in [6.07, 6.45) is 0. The van der Waals surface area contributed by atoms with E-state index >= 15 is 0 Å². The van der Waals surface area contributed by atoms with E-state index in [1.54, 1.807) is 49.4 Å². The van der Waals surface area contributed by atoms with E-state index in [0.717, 1.165) is 4.90 Å². The van der Waals surface area contributed by atoms with E-state index in [1.807, 2.05) is 0 Å². The van der Waals surface area contributed by atoms with E-state index in [-0.39, 0.29) is 12.3 Å². The Bertz CT molecular complexity index is 1040. The fourth-order valence-corrected chi connectivity index (χ4v) is 3.78. The van der Waals surface area contributed by atoms with Crippen molar-refractivity contribution >= 4 is 58.1 Å². The Morgan fingerprint density at radius 2 is 1.76 bits per heavy atom. The third-order valence-electron chi connectivity index (χ3n) is 4.69. The summed E-state index contributed by atoms with van der Waals surface area (Å²) in [4.78, 5) is 39.9. The van der Waals surface area contributed by atoms with E-state index in [2.05, 4.69) is 5.10 Å². The fourth-order valence-electron chi connectivity index (χ4n) is 3.47. The smallest absolute Gasteiger partial charge is 0.355 e. The maximum Gasteiger partial charge on any atom is 0.355 e. The summed E-state index contributed by atoms with van der Waals surface area (Å²) in [5, 5.41) is 6.54. The van der Waals surface area contributed by atoms with Gasteiger partial charge in [-0.2, -0.15) is 5.10 Å². The van der Waals surface area contributed by atoms with E-state index in [4.69, 9.17) is 27.9 Å². The number of amides is 2. The molecule has 2 amide bonds. The van der Waals surface area contributed by atoms with Gasteiger partial charge in [-0.1, -0.05) is 29.3 Å². The van der Waals surface area contributed by atoms with Gasteiger partial charge in [0.25, 0.3) is 5.91 Å². The Morgan fingerprint density at radius 3 is 2.41 bits per heavy atom. The Hall–Kier alpha value is -2.90. The number of fused-ring (bicyclic) bond motifs is 1. The highest BCUT2D eigenvalue weighted by molar-refractivity contribution is 6.47. The van der Waals surface area contributed by atoms with Gasteiger partial charge in [0.15, 0.2) is 5.71 Å². The number of hydrogen-bond acceptors (Lipinski definition) is 6. The normalized spacial score (nSPS) is 20.7. The zero-order valence-electron chi connectivity index (χ0n) is 15.2. The summed E-state index contributed by atoms with van der Waals surface area (Å²) < 4.78 is 5.06. The maximum absolute atomic E-state index is 13.3. The molecule has 2 heterocycles. The van der Waals surface area contributed by atoms with Crippen LogP contribution in [-0.2, 0) is 19.1 Å². The minimum absolute atomic E-state index is 0.102. The van der Waals surface area contributed by atoms with Crippen LogP contribution in [0.5, 0.6) is 0 Å². The van der Waals surface area contributed by atoms with E-state index in [1.165, 1.54) is 11.1 Å². The fraction of sp³-hybridized carbons (Fsp3) is 0.200. The van der Waals surface area contributed by atoms with Crippen LogP contribution in [0.25, 0.3) is 0 Å². The molecule has 4 rings (SSSR count). The highest BCUT2D eigenvalue weighted by atomic mass is 35.5. The van der Waals surface area contributed by atoms with Gasteiger partial charge in [0.1, 0.15) is 12.0 Å². The number of esters is 1. The lowest BCUT2D eigenvalue weighted by atomic mass is 9.98. The summed E-state index contributed by atoms with van der Waals surface area (Å²) in [7, 11) is 0. The number of rotatable bonds is 4. The van der Waals surface area contributed by atoms with E-state index < -0.39 is 29.7 Å². The molecular formula is C20H15Cl2N3O4. The highest BCUT2D eigenvalue weighted by Crippen LogP contribution is 2.38. The van der Waals surface area contributed by atoms with Gasteiger partial charge < -0.3 is 4.74 Å². The molecule has 148 valence electrons. The first kappa shape index (κ1) is 19.4. The molecule has 0 aromatic heterocycles. The Labute approximate surface area is 176 Å². The summed E-state index contributed by atoms with van der Waals surface area (Å²) in [5.41, 5.74) is 0.758. The van der Waals surface area contributed by atoms with Crippen LogP contribution < -0.4 is 9.91 Å². The van der Waals surface area contributed by atoms with E-state index in [9.17, 15) is 14.4 Å². The SMILES string of the molecule is CCOC(=O)C1=NN(c2ccc(Cl)cc2)[C@H]2C(=O)N(c3cccc(Cl)c3)C(=O)[C@H]12. The molecule has 0 bridgehead atoms. The summed E-state index contributed by atoms with van der Waals surface area (Å²) >= 11 is 12.0. The minimum Gasteiger partial charge on any atom is -0.461 e. The number of hydrogen-bond donors (Lipinski definition) is 0. The van der Waals surface area contributed by atoms with Crippen LogP contribution in [0.2, 0.25) is 10.0 Å².